The normalized spacial score (nSPS) is 10.8. The second-order valence-electron chi connectivity index (χ2n) is 6.56. The number of carbonyl (C=O) groups is 2. The number of anilines is 1. The van der Waals surface area contributed by atoms with Crippen molar-refractivity contribution in [2.45, 2.75) is 13.8 Å². The molecule has 0 unspecified atom stereocenters. The maximum absolute atomic E-state index is 12.6. The molecular formula is C24H22ClNO4S. The molecule has 31 heavy (non-hydrogen) atoms. The zero-order valence-electron chi connectivity index (χ0n) is 17.4. The van der Waals surface area contributed by atoms with Crippen molar-refractivity contribution < 1.29 is 19.1 Å². The van der Waals surface area contributed by atoms with Gasteiger partial charge in [-0.2, -0.15) is 0 Å². The lowest BCUT2D eigenvalue weighted by atomic mass is 10.0. The number of nitrogens with one attached hydrogen (secondary N) is 1. The molecule has 0 saturated carbocycles. The average molecular weight is 456 g/mol. The minimum Gasteiger partial charge on any atom is -0.494 e. The second kappa shape index (κ2) is 10.3. The minimum absolute atomic E-state index is 0.332. The number of hydrogen-bond donors (Lipinski definition) is 1. The van der Waals surface area contributed by atoms with Crippen LogP contribution in [-0.2, 0) is 9.53 Å². The van der Waals surface area contributed by atoms with Crippen LogP contribution in [0.4, 0.5) is 5.00 Å². The molecule has 3 aromatic rings. The molecule has 0 radical (unpaired) electrons. The van der Waals surface area contributed by atoms with Gasteiger partial charge in [0, 0.05) is 21.5 Å². The fourth-order valence-electron chi connectivity index (χ4n) is 3.10. The number of amides is 1. The fraction of sp³-hybridized carbons (Fsp3) is 0.167. The second-order valence-corrected chi connectivity index (χ2v) is 8.23. The molecule has 0 bridgehead atoms. The van der Waals surface area contributed by atoms with Crippen molar-refractivity contribution in [1.29, 1.82) is 0 Å². The molecule has 3 rings (SSSR count). The van der Waals surface area contributed by atoms with E-state index in [-0.39, 0.29) is 5.91 Å². The molecule has 0 aliphatic carbocycles. The zero-order chi connectivity index (χ0) is 22.4. The number of aryl methyl sites for hydroxylation is 1. The molecule has 1 aromatic heterocycles. The van der Waals surface area contributed by atoms with Crippen LogP contribution in [-0.4, -0.2) is 25.6 Å². The van der Waals surface area contributed by atoms with Crippen molar-refractivity contribution in [3.8, 4) is 16.9 Å². The van der Waals surface area contributed by atoms with E-state index in [0.29, 0.717) is 22.2 Å². The molecule has 0 spiro atoms. The zero-order valence-corrected chi connectivity index (χ0v) is 19.0. The number of thiophene rings is 1. The average Bonchev–Trinajstić information content (AvgIpc) is 3.08. The highest BCUT2D eigenvalue weighted by Gasteiger charge is 2.24. The SMILES string of the molecule is CCOc1ccc(-c2c(C)sc(NC(=O)/C=C/c3cccc(Cl)c3)c2C(=O)OC)cc1. The van der Waals surface area contributed by atoms with Crippen LogP contribution in [0.5, 0.6) is 5.75 Å². The molecule has 0 atom stereocenters. The van der Waals surface area contributed by atoms with E-state index in [9.17, 15) is 9.59 Å². The Bertz CT molecular complexity index is 1120. The number of esters is 1. The van der Waals surface area contributed by atoms with Crippen LogP contribution in [0.3, 0.4) is 0 Å². The molecule has 0 fully saturated rings. The van der Waals surface area contributed by atoms with Gasteiger partial charge in [-0.25, -0.2) is 4.79 Å². The summed E-state index contributed by atoms with van der Waals surface area (Å²) in [5.41, 5.74) is 2.70. The van der Waals surface area contributed by atoms with Gasteiger partial charge in [0.2, 0.25) is 5.91 Å². The van der Waals surface area contributed by atoms with Gasteiger partial charge in [-0.05, 0) is 55.3 Å². The first kappa shape index (κ1) is 22.6. The first-order valence-electron chi connectivity index (χ1n) is 9.62. The van der Waals surface area contributed by atoms with Crippen LogP contribution < -0.4 is 10.1 Å². The topological polar surface area (TPSA) is 64.6 Å². The third-order valence-corrected chi connectivity index (χ3v) is 5.70. The summed E-state index contributed by atoms with van der Waals surface area (Å²) in [4.78, 5) is 26.0. The fourth-order valence-corrected chi connectivity index (χ4v) is 4.36. The molecule has 0 aliphatic heterocycles. The predicted octanol–water partition coefficient (Wildman–Crippen LogP) is 6.21. The van der Waals surface area contributed by atoms with E-state index in [2.05, 4.69) is 5.32 Å². The standard InChI is InChI=1S/C24H22ClNO4S/c1-4-30-19-11-9-17(10-12-19)21-15(2)31-23(22(21)24(28)29-3)26-20(27)13-8-16-6-5-7-18(25)14-16/h5-14H,4H2,1-3H3,(H,26,27)/b13-8+. The maximum atomic E-state index is 12.6. The van der Waals surface area contributed by atoms with E-state index >= 15 is 0 Å². The highest BCUT2D eigenvalue weighted by atomic mass is 35.5. The van der Waals surface area contributed by atoms with Gasteiger partial charge in [0.05, 0.1) is 13.7 Å². The molecule has 0 aliphatic rings. The summed E-state index contributed by atoms with van der Waals surface area (Å²) < 4.78 is 10.5. The highest BCUT2D eigenvalue weighted by molar-refractivity contribution is 7.17. The first-order chi connectivity index (χ1) is 14.9. The van der Waals surface area contributed by atoms with E-state index in [4.69, 9.17) is 21.1 Å². The van der Waals surface area contributed by atoms with Gasteiger partial charge in [-0.3, -0.25) is 4.79 Å². The third-order valence-electron chi connectivity index (χ3n) is 4.44. The van der Waals surface area contributed by atoms with E-state index in [0.717, 1.165) is 27.3 Å². The van der Waals surface area contributed by atoms with Gasteiger partial charge in [-0.15, -0.1) is 11.3 Å². The van der Waals surface area contributed by atoms with Gasteiger partial charge in [0.15, 0.2) is 0 Å². The summed E-state index contributed by atoms with van der Waals surface area (Å²) in [6, 6.07) is 14.6. The molecular weight excluding hydrogens is 434 g/mol. The van der Waals surface area contributed by atoms with E-state index in [1.54, 1.807) is 24.3 Å². The molecule has 7 heteroatoms. The van der Waals surface area contributed by atoms with E-state index in [1.807, 2.05) is 44.2 Å². The molecule has 1 heterocycles. The Kier molecular flexibility index (Phi) is 7.50. The number of rotatable bonds is 7. The molecule has 160 valence electrons. The van der Waals surface area contributed by atoms with Gasteiger partial charge < -0.3 is 14.8 Å². The summed E-state index contributed by atoms with van der Waals surface area (Å²) in [5.74, 6) is -0.120. The summed E-state index contributed by atoms with van der Waals surface area (Å²) in [6.45, 7) is 4.39. The van der Waals surface area contributed by atoms with Crippen molar-refractivity contribution in [2.75, 3.05) is 19.0 Å². The molecule has 5 nitrogen and oxygen atoms in total. The monoisotopic (exact) mass is 455 g/mol. The highest BCUT2D eigenvalue weighted by Crippen LogP contribution is 2.40. The summed E-state index contributed by atoms with van der Waals surface area (Å²) in [5, 5.41) is 3.83. The van der Waals surface area contributed by atoms with Gasteiger partial charge in [0.1, 0.15) is 16.3 Å². The number of hydrogen-bond acceptors (Lipinski definition) is 5. The Morgan fingerprint density at radius 1 is 1.16 bits per heavy atom. The van der Waals surface area contributed by atoms with Crippen LogP contribution in [0.15, 0.2) is 54.6 Å². The maximum Gasteiger partial charge on any atom is 0.341 e. The molecule has 1 amide bonds. The van der Waals surface area contributed by atoms with E-state index in [1.165, 1.54) is 24.5 Å². The lowest BCUT2D eigenvalue weighted by Gasteiger charge is -2.08. The number of methoxy groups -OCH3 is 1. The summed E-state index contributed by atoms with van der Waals surface area (Å²) >= 11 is 7.30. The summed E-state index contributed by atoms with van der Waals surface area (Å²) in [7, 11) is 1.32. The molecule has 0 saturated heterocycles. The summed E-state index contributed by atoms with van der Waals surface area (Å²) in [6.07, 6.45) is 3.06. The lowest BCUT2D eigenvalue weighted by Crippen LogP contribution is -2.11. The van der Waals surface area contributed by atoms with Crippen molar-refractivity contribution >= 4 is 45.9 Å². The van der Waals surface area contributed by atoms with E-state index < -0.39 is 5.97 Å². The van der Waals surface area contributed by atoms with Crippen LogP contribution in [0.1, 0.15) is 27.7 Å². The Morgan fingerprint density at radius 3 is 2.55 bits per heavy atom. The number of halogens is 1. The number of ether oxygens (including phenoxy) is 2. The number of benzene rings is 2. The Hall–Kier alpha value is -3.09. The van der Waals surface area contributed by atoms with Crippen LogP contribution in [0.2, 0.25) is 5.02 Å². The Labute approximate surface area is 190 Å². The van der Waals surface area contributed by atoms with Gasteiger partial charge in [0.25, 0.3) is 0 Å². The van der Waals surface area contributed by atoms with Gasteiger partial charge in [-0.1, -0.05) is 35.9 Å². The third kappa shape index (κ3) is 5.54. The largest absolute Gasteiger partial charge is 0.494 e. The van der Waals surface area contributed by atoms with Crippen LogP contribution in [0, 0.1) is 6.92 Å². The van der Waals surface area contributed by atoms with Gasteiger partial charge >= 0.3 is 5.97 Å². The predicted molar refractivity (Wildman–Crippen MR) is 126 cm³/mol. The quantitative estimate of drug-likeness (QED) is 0.339. The Morgan fingerprint density at radius 2 is 1.90 bits per heavy atom. The van der Waals surface area contributed by atoms with Crippen molar-refractivity contribution in [1.82, 2.24) is 0 Å². The van der Waals surface area contributed by atoms with Crippen molar-refractivity contribution in [3.63, 3.8) is 0 Å². The minimum atomic E-state index is -0.512. The Balaban J connectivity index is 1.91. The molecule has 2 aromatic carbocycles. The smallest absolute Gasteiger partial charge is 0.341 e. The van der Waals surface area contributed by atoms with Crippen molar-refractivity contribution in [2.24, 2.45) is 0 Å². The van der Waals surface area contributed by atoms with Crippen LogP contribution >= 0.6 is 22.9 Å². The van der Waals surface area contributed by atoms with Crippen molar-refractivity contribution in [3.05, 3.63) is 75.6 Å². The number of carbonyl (C=O) groups excluding carboxylic acids is 2. The first-order valence-corrected chi connectivity index (χ1v) is 10.8. The lowest BCUT2D eigenvalue weighted by molar-refractivity contribution is -0.111. The molecule has 1 N–H and O–H groups in total. The van der Waals surface area contributed by atoms with Crippen LogP contribution in [0.25, 0.3) is 17.2 Å².